The molecule has 0 fully saturated rings. The van der Waals surface area contributed by atoms with E-state index in [9.17, 15) is 4.39 Å². The summed E-state index contributed by atoms with van der Waals surface area (Å²) in [4.78, 5) is 4.63. The summed E-state index contributed by atoms with van der Waals surface area (Å²) < 4.78 is 21.1. The number of aryl methyl sites for hydroxylation is 1. The Bertz CT molecular complexity index is 781. The molecular formula is C15H12BrFN2O. The van der Waals surface area contributed by atoms with Crippen molar-refractivity contribution in [2.24, 2.45) is 7.05 Å². The molecular weight excluding hydrogens is 323 g/mol. The van der Waals surface area contributed by atoms with Gasteiger partial charge in [-0.1, -0.05) is 0 Å². The Balaban J connectivity index is 2.25. The summed E-state index contributed by atoms with van der Waals surface area (Å²) in [6, 6.07) is 10.1. The summed E-state index contributed by atoms with van der Waals surface area (Å²) in [5.74, 6) is 1.29. The van der Waals surface area contributed by atoms with E-state index in [0.717, 1.165) is 32.6 Å². The average Bonchev–Trinajstić information content (AvgIpc) is 2.78. The van der Waals surface area contributed by atoms with E-state index in [4.69, 9.17) is 4.74 Å². The summed E-state index contributed by atoms with van der Waals surface area (Å²) >= 11 is 3.50. The van der Waals surface area contributed by atoms with Crippen LogP contribution >= 0.6 is 15.9 Å². The van der Waals surface area contributed by atoms with Crippen molar-refractivity contribution in [1.29, 1.82) is 0 Å². The van der Waals surface area contributed by atoms with Crippen LogP contribution in [0.1, 0.15) is 0 Å². The number of hydrogen-bond donors (Lipinski definition) is 0. The van der Waals surface area contributed by atoms with Crippen LogP contribution in [0.3, 0.4) is 0 Å². The number of rotatable bonds is 2. The van der Waals surface area contributed by atoms with Crippen molar-refractivity contribution in [3.05, 3.63) is 46.7 Å². The van der Waals surface area contributed by atoms with Crippen LogP contribution in [0.5, 0.6) is 5.75 Å². The van der Waals surface area contributed by atoms with Crippen LogP contribution < -0.4 is 4.74 Å². The second kappa shape index (κ2) is 4.90. The molecule has 1 heterocycles. The van der Waals surface area contributed by atoms with Gasteiger partial charge in [0.15, 0.2) is 0 Å². The van der Waals surface area contributed by atoms with Gasteiger partial charge in [0.25, 0.3) is 0 Å². The molecule has 0 spiro atoms. The smallest absolute Gasteiger partial charge is 0.140 e. The third kappa shape index (κ3) is 2.08. The number of aromatic nitrogens is 2. The quantitative estimate of drug-likeness (QED) is 0.703. The fourth-order valence-corrected chi connectivity index (χ4v) is 2.71. The molecule has 0 saturated carbocycles. The monoisotopic (exact) mass is 334 g/mol. The molecule has 3 nitrogen and oxygen atoms in total. The molecule has 0 unspecified atom stereocenters. The van der Waals surface area contributed by atoms with Crippen molar-refractivity contribution in [2.75, 3.05) is 7.11 Å². The molecule has 0 aliphatic rings. The highest BCUT2D eigenvalue weighted by atomic mass is 79.9. The number of nitrogens with zero attached hydrogens (tertiary/aromatic N) is 2. The largest absolute Gasteiger partial charge is 0.497 e. The topological polar surface area (TPSA) is 27.1 Å². The zero-order chi connectivity index (χ0) is 14.3. The summed E-state index contributed by atoms with van der Waals surface area (Å²) in [5, 5.41) is 0. The summed E-state index contributed by atoms with van der Waals surface area (Å²) in [7, 11) is 3.56. The number of hydrogen-bond acceptors (Lipinski definition) is 2. The van der Waals surface area contributed by atoms with Gasteiger partial charge >= 0.3 is 0 Å². The highest BCUT2D eigenvalue weighted by molar-refractivity contribution is 9.10. The van der Waals surface area contributed by atoms with E-state index >= 15 is 0 Å². The molecule has 0 amide bonds. The Morgan fingerprint density at radius 3 is 2.55 bits per heavy atom. The summed E-state index contributed by atoms with van der Waals surface area (Å²) in [6.45, 7) is 0. The molecule has 1 aromatic heterocycles. The Morgan fingerprint density at radius 1 is 1.20 bits per heavy atom. The van der Waals surface area contributed by atoms with Crippen molar-refractivity contribution >= 4 is 27.0 Å². The minimum absolute atomic E-state index is 0.254. The van der Waals surface area contributed by atoms with Crippen molar-refractivity contribution in [2.45, 2.75) is 0 Å². The van der Waals surface area contributed by atoms with E-state index in [1.54, 1.807) is 19.2 Å². The molecule has 0 aliphatic carbocycles. The van der Waals surface area contributed by atoms with Gasteiger partial charge in [-0.15, -0.1) is 0 Å². The SMILES string of the molecule is COc1cc(Br)c2nc(-c3ccc(F)cc3)n(C)c2c1. The highest BCUT2D eigenvalue weighted by Crippen LogP contribution is 2.32. The van der Waals surface area contributed by atoms with Gasteiger partial charge in [0.05, 0.1) is 12.6 Å². The maximum Gasteiger partial charge on any atom is 0.140 e. The van der Waals surface area contributed by atoms with Crippen molar-refractivity contribution < 1.29 is 9.13 Å². The van der Waals surface area contributed by atoms with Crippen LogP contribution in [0.4, 0.5) is 4.39 Å². The first kappa shape index (κ1) is 13.1. The Kier molecular flexibility index (Phi) is 3.22. The number of halogens is 2. The fraction of sp³-hybridized carbons (Fsp3) is 0.133. The van der Waals surface area contributed by atoms with Crippen molar-refractivity contribution in [3.8, 4) is 17.1 Å². The lowest BCUT2D eigenvalue weighted by Gasteiger charge is -2.04. The van der Waals surface area contributed by atoms with Gasteiger partial charge in [-0.05, 0) is 46.3 Å². The number of ether oxygens (including phenoxy) is 1. The normalized spacial score (nSPS) is 11.0. The number of benzene rings is 2. The van der Waals surface area contributed by atoms with Gasteiger partial charge < -0.3 is 9.30 Å². The molecule has 0 aliphatic heterocycles. The number of methoxy groups -OCH3 is 1. The predicted octanol–water partition coefficient (Wildman–Crippen LogP) is 4.15. The van der Waals surface area contributed by atoms with Crippen LogP contribution in [0.15, 0.2) is 40.9 Å². The first-order valence-electron chi connectivity index (χ1n) is 6.06. The predicted molar refractivity (Wildman–Crippen MR) is 80.4 cm³/mol. The van der Waals surface area contributed by atoms with Crippen LogP contribution in [0.2, 0.25) is 0 Å². The molecule has 3 aromatic rings. The minimum atomic E-state index is -0.254. The molecule has 0 bridgehead atoms. The van der Waals surface area contributed by atoms with E-state index in [-0.39, 0.29) is 5.82 Å². The molecule has 0 saturated heterocycles. The number of imidazole rings is 1. The van der Waals surface area contributed by atoms with Gasteiger partial charge in [0, 0.05) is 23.2 Å². The standard InChI is InChI=1S/C15H12BrFN2O/c1-19-13-8-11(20-2)7-12(16)14(13)18-15(19)9-3-5-10(17)6-4-9/h3-8H,1-2H3. The lowest BCUT2D eigenvalue weighted by atomic mass is 10.2. The van der Waals surface area contributed by atoms with E-state index < -0.39 is 0 Å². The van der Waals surface area contributed by atoms with Gasteiger partial charge in [0.1, 0.15) is 22.9 Å². The zero-order valence-electron chi connectivity index (χ0n) is 11.0. The van der Waals surface area contributed by atoms with E-state index in [0.29, 0.717) is 0 Å². The molecule has 0 N–H and O–H groups in total. The lowest BCUT2D eigenvalue weighted by Crippen LogP contribution is -1.93. The van der Waals surface area contributed by atoms with E-state index in [2.05, 4.69) is 20.9 Å². The molecule has 5 heteroatoms. The van der Waals surface area contributed by atoms with Crippen LogP contribution in [-0.4, -0.2) is 16.7 Å². The Labute approximate surface area is 124 Å². The molecule has 0 radical (unpaired) electrons. The second-order valence-corrected chi connectivity index (χ2v) is 5.33. The van der Waals surface area contributed by atoms with Crippen LogP contribution in [0.25, 0.3) is 22.4 Å². The lowest BCUT2D eigenvalue weighted by molar-refractivity contribution is 0.415. The van der Waals surface area contributed by atoms with Crippen molar-refractivity contribution in [3.63, 3.8) is 0 Å². The van der Waals surface area contributed by atoms with Crippen molar-refractivity contribution in [1.82, 2.24) is 9.55 Å². The molecule has 3 rings (SSSR count). The fourth-order valence-electron chi connectivity index (χ4n) is 2.20. The van der Waals surface area contributed by atoms with Gasteiger partial charge in [-0.3, -0.25) is 0 Å². The van der Waals surface area contributed by atoms with Crippen LogP contribution in [0, 0.1) is 5.82 Å². The Morgan fingerprint density at radius 2 is 1.90 bits per heavy atom. The van der Waals surface area contributed by atoms with Gasteiger partial charge in [-0.25, -0.2) is 9.37 Å². The van der Waals surface area contributed by atoms with Gasteiger partial charge in [0.2, 0.25) is 0 Å². The van der Waals surface area contributed by atoms with E-state index in [1.807, 2.05) is 23.7 Å². The second-order valence-electron chi connectivity index (χ2n) is 4.48. The van der Waals surface area contributed by atoms with Gasteiger partial charge in [-0.2, -0.15) is 0 Å². The number of fused-ring (bicyclic) bond motifs is 1. The first-order chi connectivity index (χ1) is 9.60. The first-order valence-corrected chi connectivity index (χ1v) is 6.85. The summed E-state index contributed by atoms with van der Waals surface area (Å²) in [6.07, 6.45) is 0. The van der Waals surface area contributed by atoms with E-state index in [1.165, 1.54) is 12.1 Å². The van der Waals surface area contributed by atoms with Crippen LogP contribution in [-0.2, 0) is 7.05 Å². The minimum Gasteiger partial charge on any atom is -0.497 e. The Hall–Kier alpha value is -1.88. The molecule has 2 aromatic carbocycles. The molecule has 102 valence electrons. The molecule has 20 heavy (non-hydrogen) atoms. The maximum atomic E-state index is 13.0. The third-order valence-corrected chi connectivity index (χ3v) is 3.86. The zero-order valence-corrected chi connectivity index (χ0v) is 12.6. The summed E-state index contributed by atoms with van der Waals surface area (Å²) in [5.41, 5.74) is 2.68. The average molecular weight is 335 g/mol. The maximum absolute atomic E-state index is 13.0. The highest BCUT2D eigenvalue weighted by Gasteiger charge is 2.13. The third-order valence-electron chi connectivity index (χ3n) is 3.25. The molecule has 0 atom stereocenters.